The molecular formula is C30H33ClF3N3O4S. The zero-order valence-electron chi connectivity index (χ0n) is 23.4. The minimum Gasteiger partial charge on any atom is -0.352 e. The van der Waals surface area contributed by atoms with Crippen molar-refractivity contribution < 1.29 is 31.2 Å². The van der Waals surface area contributed by atoms with Crippen molar-refractivity contribution >= 4 is 39.1 Å². The first-order chi connectivity index (χ1) is 19.7. The largest absolute Gasteiger partial charge is 0.417 e. The molecule has 7 nitrogen and oxygen atoms in total. The van der Waals surface area contributed by atoms with Gasteiger partial charge in [0.15, 0.2) is 0 Å². The zero-order valence-corrected chi connectivity index (χ0v) is 25.0. The van der Waals surface area contributed by atoms with Crippen molar-refractivity contribution in [3.05, 3.63) is 101 Å². The SMILES string of the molecule is CC[C@@H](C)NC(=O)[C@@H](Cc1ccccc1)N(Cc1ccccc1)C(=O)CN(c1ccc(Cl)c(C(F)(F)F)c1)S(C)(=O)=O. The predicted molar refractivity (Wildman–Crippen MR) is 157 cm³/mol. The minimum atomic E-state index is -4.85. The van der Waals surface area contributed by atoms with Crippen LogP contribution in [0.4, 0.5) is 18.9 Å². The second kappa shape index (κ2) is 14.1. The Hall–Kier alpha value is -3.57. The van der Waals surface area contributed by atoms with Crippen LogP contribution in [0, 0.1) is 0 Å². The number of nitrogens with zero attached hydrogens (tertiary/aromatic N) is 2. The van der Waals surface area contributed by atoms with E-state index >= 15 is 0 Å². The van der Waals surface area contributed by atoms with Crippen LogP contribution in [0.2, 0.25) is 5.02 Å². The number of carbonyl (C=O) groups is 2. The second-order valence-corrected chi connectivity index (χ2v) is 12.3. The Morgan fingerprint density at radius 3 is 2.05 bits per heavy atom. The summed E-state index contributed by atoms with van der Waals surface area (Å²) in [7, 11) is -4.25. The molecule has 0 fully saturated rings. The summed E-state index contributed by atoms with van der Waals surface area (Å²) in [5, 5.41) is 2.30. The Labute approximate surface area is 249 Å². The number of halogens is 4. The Morgan fingerprint density at radius 2 is 1.52 bits per heavy atom. The van der Waals surface area contributed by atoms with Gasteiger partial charge in [-0.3, -0.25) is 13.9 Å². The van der Waals surface area contributed by atoms with E-state index in [-0.39, 0.29) is 24.7 Å². The molecule has 0 radical (unpaired) electrons. The van der Waals surface area contributed by atoms with Gasteiger partial charge >= 0.3 is 6.18 Å². The molecule has 0 saturated heterocycles. The monoisotopic (exact) mass is 623 g/mol. The fourth-order valence-electron chi connectivity index (χ4n) is 4.27. The van der Waals surface area contributed by atoms with Crippen molar-refractivity contribution in [1.29, 1.82) is 0 Å². The van der Waals surface area contributed by atoms with Crippen molar-refractivity contribution in [2.45, 2.75) is 51.5 Å². The molecular weight excluding hydrogens is 591 g/mol. The summed E-state index contributed by atoms with van der Waals surface area (Å²) in [6.45, 7) is 2.84. The smallest absolute Gasteiger partial charge is 0.352 e. The van der Waals surface area contributed by atoms with Crippen LogP contribution in [-0.2, 0) is 38.8 Å². The van der Waals surface area contributed by atoms with Crippen molar-refractivity contribution in [3.63, 3.8) is 0 Å². The number of hydrogen-bond donors (Lipinski definition) is 1. The van der Waals surface area contributed by atoms with Gasteiger partial charge in [-0.05, 0) is 42.7 Å². The molecule has 3 aromatic carbocycles. The van der Waals surface area contributed by atoms with Gasteiger partial charge in [-0.1, -0.05) is 79.2 Å². The summed E-state index contributed by atoms with van der Waals surface area (Å²) in [6.07, 6.45) is -3.30. The van der Waals surface area contributed by atoms with Crippen molar-refractivity contribution in [1.82, 2.24) is 10.2 Å². The fraction of sp³-hybridized carbons (Fsp3) is 0.333. The molecule has 2 atom stereocenters. The Balaban J connectivity index is 2.08. The van der Waals surface area contributed by atoms with E-state index in [2.05, 4.69) is 5.32 Å². The first-order valence-electron chi connectivity index (χ1n) is 13.2. The first kappa shape index (κ1) is 32.9. The molecule has 0 bridgehead atoms. The third-order valence-corrected chi connectivity index (χ3v) is 8.16. The number of amides is 2. The standard InChI is InChI=1S/C30H33ClF3N3O4S/c1-4-21(2)35-29(39)27(17-22-11-7-5-8-12-22)36(19-23-13-9-6-10-14-23)28(38)20-37(42(3,40)41)24-15-16-26(31)25(18-24)30(32,33)34/h5-16,18,21,27H,4,17,19-20H2,1-3H3,(H,35,39)/t21-,27-/m1/s1. The average molecular weight is 624 g/mol. The summed E-state index contributed by atoms with van der Waals surface area (Å²) in [5.41, 5.74) is -0.179. The zero-order chi connectivity index (χ0) is 31.1. The maximum absolute atomic E-state index is 14.0. The topological polar surface area (TPSA) is 86.8 Å². The highest BCUT2D eigenvalue weighted by atomic mass is 35.5. The van der Waals surface area contributed by atoms with E-state index in [0.717, 1.165) is 24.0 Å². The molecule has 12 heteroatoms. The molecule has 0 saturated carbocycles. The summed E-state index contributed by atoms with van der Waals surface area (Å²) in [6, 6.07) is 19.2. The lowest BCUT2D eigenvalue weighted by Gasteiger charge is -2.34. The molecule has 226 valence electrons. The number of hydrogen-bond acceptors (Lipinski definition) is 4. The van der Waals surface area contributed by atoms with Crippen LogP contribution in [-0.4, -0.2) is 50.0 Å². The molecule has 3 rings (SSSR count). The average Bonchev–Trinajstić information content (AvgIpc) is 2.93. The van der Waals surface area contributed by atoms with Gasteiger partial charge in [-0.25, -0.2) is 8.42 Å². The van der Waals surface area contributed by atoms with Gasteiger partial charge in [0.2, 0.25) is 21.8 Å². The van der Waals surface area contributed by atoms with Gasteiger partial charge in [0.05, 0.1) is 22.5 Å². The van der Waals surface area contributed by atoms with Crippen LogP contribution in [0.3, 0.4) is 0 Å². The number of benzene rings is 3. The maximum atomic E-state index is 14.0. The van der Waals surface area contributed by atoms with Crippen LogP contribution in [0.15, 0.2) is 78.9 Å². The number of rotatable bonds is 12. The third-order valence-electron chi connectivity index (χ3n) is 6.69. The maximum Gasteiger partial charge on any atom is 0.417 e. The number of alkyl halides is 3. The number of anilines is 1. The Morgan fingerprint density at radius 1 is 0.952 bits per heavy atom. The predicted octanol–water partition coefficient (Wildman–Crippen LogP) is 5.68. The number of nitrogens with one attached hydrogen (secondary N) is 1. The van der Waals surface area contributed by atoms with Crippen LogP contribution in [0.1, 0.15) is 37.0 Å². The van der Waals surface area contributed by atoms with Crippen LogP contribution in [0.25, 0.3) is 0 Å². The van der Waals surface area contributed by atoms with E-state index in [1.54, 1.807) is 42.5 Å². The van der Waals surface area contributed by atoms with Gasteiger partial charge < -0.3 is 10.2 Å². The van der Waals surface area contributed by atoms with Gasteiger partial charge in [0, 0.05) is 19.0 Å². The van der Waals surface area contributed by atoms with Crippen molar-refractivity contribution in [2.75, 3.05) is 17.1 Å². The summed E-state index contributed by atoms with van der Waals surface area (Å²) < 4.78 is 67.0. The second-order valence-electron chi connectivity index (χ2n) is 9.96. The molecule has 0 aliphatic carbocycles. The first-order valence-corrected chi connectivity index (χ1v) is 15.5. The third kappa shape index (κ3) is 8.96. The molecule has 3 aromatic rings. The van der Waals surface area contributed by atoms with E-state index in [4.69, 9.17) is 11.6 Å². The molecule has 2 amide bonds. The number of sulfonamides is 1. The Bertz CT molecular complexity index is 1470. The molecule has 0 heterocycles. The molecule has 42 heavy (non-hydrogen) atoms. The van der Waals surface area contributed by atoms with Crippen LogP contribution < -0.4 is 9.62 Å². The molecule has 0 aromatic heterocycles. The summed E-state index contributed by atoms with van der Waals surface area (Å²) in [5.74, 6) is -1.21. The van der Waals surface area contributed by atoms with Gasteiger partial charge in [0.25, 0.3) is 0 Å². The van der Waals surface area contributed by atoms with Crippen LogP contribution in [0.5, 0.6) is 0 Å². The van der Waals surface area contributed by atoms with E-state index < -0.39 is 51.2 Å². The van der Waals surface area contributed by atoms with Crippen LogP contribution >= 0.6 is 11.6 Å². The molecule has 0 spiro atoms. The lowest BCUT2D eigenvalue weighted by molar-refractivity contribution is -0.140. The normalized spacial score (nSPS) is 13.2. The molecule has 0 aliphatic rings. The van der Waals surface area contributed by atoms with Gasteiger partial charge in [0.1, 0.15) is 12.6 Å². The Kier molecular flexibility index (Phi) is 11.0. The fourth-order valence-corrected chi connectivity index (χ4v) is 5.34. The van der Waals surface area contributed by atoms with E-state index in [9.17, 15) is 31.2 Å². The highest BCUT2D eigenvalue weighted by molar-refractivity contribution is 7.92. The lowest BCUT2D eigenvalue weighted by Crippen LogP contribution is -2.54. The molecule has 0 unspecified atom stereocenters. The lowest BCUT2D eigenvalue weighted by atomic mass is 10.0. The summed E-state index contributed by atoms with van der Waals surface area (Å²) in [4.78, 5) is 28.9. The van der Waals surface area contributed by atoms with Crippen molar-refractivity contribution in [3.8, 4) is 0 Å². The van der Waals surface area contributed by atoms with E-state index in [1.807, 2.05) is 32.0 Å². The molecule has 0 aliphatic heterocycles. The van der Waals surface area contributed by atoms with E-state index in [0.29, 0.717) is 22.4 Å². The van der Waals surface area contributed by atoms with Gasteiger partial charge in [-0.2, -0.15) is 13.2 Å². The van der Waals surface area contributed by atoms with E-state index in [1.165, 1.54) is 4.90 Å². The highest BCUT2D eigenvalue weighted by Crippen LogP contribution is 2.37. The summed E-state index contributed by atoms with van der Waals surface area (Å²) >= 11 is 5.75. The molecule has 1 N–H and O–H groups in total. The van der Waals surface area contributed by atoms with Crippen molar-refractivity contribution in [2.24, 2.45) is 0 Å². The van der Waals surface area contributed by atoms with Gasteiger partial charge in [-0.15, -0.1) is 0 Å². The highest BCUT2D eigenvalue weighted by Gasteiger charge is 2.36. The minimum absolute atomic E-state index is 0.0445. The quantitative estimate of drug-likeness (QED) is 0.281. The number of carbonyl (C=O) groups excluding carboxylic acids is 2.